The van der Waals surface area contributed by atoms with E-state index >= 15 is 0 Å². The molecule has 0 fully saturated rings. The number of hydrogen-bond acceptors (Lipinski definition) is 4. The summed E-state index contributed by atoms with van der Waals surface area (Å²) in [6, 6.07) is 0. The molecule has 0 atom stereocenters. The Morgan fingerprint density at radius 2 is 1.75 bits per heavy atom. The van der Waals surface area contributed by atoms with Gasteiger partial charge in [-0.05, 0) is 0 Å². The third-order valence-electron chi connectivity index (χ3n) is 1.54. The van der Waals surface area contributed by atoms with Crippen molar-refractivity contribution in [2.45, 2.75) is 0 Å². The van der Waals surface area contributed by atoms with Gasteiger partial charge in [0.05, 0.1) is 9.75 Å². The van der Waals surface area contributed by atoms with Crippen LogP contribution in [0, 0.1) is 0 Å². The molecule has 0 unspecified atom stereocenters. The van der Waals surface area contributed by atoms with Crippen molar-refractivity contribution in [2.75, 3.05) is 0 Å². The summed E-state index contributed by atoms with van der Waals surface area (Å²) < 4.78 is 2.97. The summed E-state index contributed by atoms with van der Waals surface area (Å²) in [5.41, 5.74) is -0.313. The highest BCUT2D eigenvalue weighted by atomic mass is 32.1. The summed E-state index contributed by atoms with van der Waals surface area (Å²) in [4.78, 5) is 32.6. The SMILES string of the molecule is O=C1C=c2s[nH]c(=O)c2=CC1=O. The largest absolute Gasteiger partial charge is 0.286 e. The Balaban J connectivity index is 3.01. The lowest BCUT2D eigenvalue weighted by Crippen LogP contribution is -2.38. The zero-order chi connectivity index (χ0) is 8.72. The number of aromatic amines is 1. The second kappa shape index (κ2) is 2.25. The van der Waals surface area contributed by atoms with Gasteiger partial charge in [0.2, 0.25) is 11.6 Å². The molecule has 12 heavy (non-hydrogen) atoms. The van der Waals surface area contributed by atoms with E-state index in [-0.39, 0.29) is 5.56 Å². The van der Waals surface area contributed by atoms with Crippen molar-refractivity contribution in [3.8, 4) is 0 Å². The first-order valence-electron chi connectivity index (χ1n) is 3.18. The Kier molecular flexibility index (Phi) is 1.34. The Morgan fingerprint density at radius 1 is 1.08 bits per heavy atom. The number of H-pyrrole nitrogens is 1. The van der Waals surface area contributed by atoms with Crippen LogP contribution in [0.1, 0.15) is 0 Å². The lowest BCUT2D eigenvalue weighted by Gasteiger charge is -1.89. The van der Waals surface area contributed by atoms with Crippen molar-refractivity contribution in [3.63, 3.8) is 0 Å². The molecule has 5 heteroatoms. The number of nitrogens with one attached hydrogen (secondary N) is 1. The standard InChI is InChI=1S/C7H3NO3S/c9-4-1-3-6(2-5(4)10)12-8-7(3)11/h1-2H,(H,8,11). The van der Waals surface area contributed by atoms with E-state index in [0.717, 1.165) is 17.6 Å². The first kappa shape index (κ1) is 7.17. The first-order chi connectivity index (χ1) is 5.68. The minimum Gasteiger partial charge on any atom is -0.286 e. The normalized spacial score (nSPS) is 15.0. The highest BCUT2D eigenvalue weighted by Crippen LogP contribution is 1.85. The molecule has 0 saturated carbocycles. The van der Waals surface area contributed by atoms with Crippen LogP contribution in [0.4, 0.5) is 0 Å². The molecular formula is C7H3NO3S. The number of carbonyl (C=O) groups excluding carboxylic acids is 2. The first-order valence-corrected chi connectivity index (χ1v) is 3.99. The van der Waals surface area contributed by atoms with Gasteiger partial charge in [0.15, 0.2) is 0 Å². The van der Waals surface area contributed by atoms with Gasteiger partial charge in [-0.15, -0.1) is 0 Å². The van der Waals surface area contributed by atoms with E-state index in [1.165, 1.54) is 6.08 Å². The molecule has 1 aliphatic rings. The summed E-state index contributed by atoms with van der Waals surface area (Å²) >= 11 is 1.06. The Morgan fingerprint density at radius 3 is 2.50 bits per heavy atom. The van der Waals surface area contributed by atoms with Gasteiger partial charge in [0.25, 0.3) is 5.56 Å². The molecule has 1 aromatic rings. The van der Waals surface area contributed by atoms with Gasteiger partial charge in [0.1, 0.15) is 0 Å². The van der Waals surface area contributed by atoms with E-state index in [2.05, 4.69) is 4.37 Å². The van der Waals surface area contributed by atoms with Crippen LogP contribution in [-0.2, 0) is 9.59 Å². The van der Waals surface area contributed by atoms with E-state index in [0.29, 0.717) is 9.75 Å². The molecule has 0 aliphatic heterocycles. The summed E-state index contributed by atoms with van der Waals surface area (Å²) in [7, 11) is 0. The lowest BCUT2D eigenvalue weighted by molar-refractivity contribution is -0.129. The van der Waals surface area contributed by atoms with Crippen molar-refractivity contribution in [1.82, 2.24) is 4.37 Å². The number of ketones is 2. The summed E-state index contributed by atoms with van der Waals surface area (Å²) in [5, 5.41) is 0.296. The fraction of sp³-hybridized carbons (Fsp3) is 0. The van der Waals surface area contributed by atoms with E-state index in [4.69, 9.17) is 0 Å². The molecule has 1 aliphatic carbocycles. The van der Waals surface area contributed by atoms with Crippen LogP contribution in [0.2, 0.25) is 0 Å². The third kappa shape index (κ3) is 0.868. The molecule has 0 spiro atoms. The molecule has 0 aromatic carbocycles. The maximum Gasteiger partial charge on any atom is 0.266 e. The molecule has 0 saturated heterocycles. The van der Waals surface area contributed by atoms with Crippen molar-refractivity contribution in [2.24, 2.45) is 0 Å². The minimum absolute atomic E-state index is 0.296. The molecule has 1 heterocycles. The molecule has 2 rings (SSSR count). The molecular weight excluding hydrogens is 178 g/mol. The highest BCUT2D eigenvalue weighted by Gasteiger charge is 2.13. The van der Waals surface area contributed by atoms with Crippen LogP contribution < -0.4 is 15.3 Å². The van der Waals surface area contributed by atoms with Gasteiger partial charge in [0, 0.05) is 12.2 Å². The molecule has 0 amide bonds. The Bertz CT molecular complexity index is 534. The number of aromatic nitrogens is 1. The molecule has 1 aromatic heterocycles. The topological polar surface area (TPSA) is 67.0 Å². The number of fused-ring (bicyclic) bond motifs is 1. The predicted molar refractivity (Wildman–Crippen MR) is 43.1 cm³/mol. The van der Waals surface area contributed by atoms with E-state index < -0.39 is 11.6 Å². The van der Waals surface area contributed by atoms with Crippen LogP contribution in [0.15, 0.2) is 4.79 Å². The lowest BCUT2D eigenvalue weighted by atomic mass is 10.1. The molecule has 1 N–H and O–H groups in total. The smallest absolute Gasteiger partial charge is 0.266 e. The maximum atomic E-state index is 11.0. The van der Waals surface area contributed by atoms with Crippen molar-refractivity contribution in [1.29, 1.82) is 0 Å². The Labute approximate surface area is 70.0 Å². The number of rotatable bonds is 0. The fourth-order valence-electron chi connectivity index (χ4n) is 0.959. The van der Waals surface area contributed by atoms with Gasteiger partial charge in [-0.25, -0.2) is 0 Å². The quantitative estimate of drug-likeness (QED) is 0.478. The Hall–Kier alpha value is -1.49. The number of hydrogen-bond donors (Lipinski definition) is 1. The van der Waals surface area contributed by atoms with Gasteiger partial charge < -0.3 is 0 Å². The molecule has 60 valence electrons. The molecule has 0 radical (unpaired) electrons. The van der Waals surface area contributed by atoms with Gasteiger partial charge >= 0.3 is 0 Å². The summed E-state index contributed by atoms with van der Waals surface area (Å²) in [6.07, 6.45) is 2.26. The van der Waals surface area contributed by atoms with Crippen molar-refractivity contribution in [3.05, 3.63) is 20.1 Å². The zero-order valence-corrected chi connectivity index (χ0v) is 6.60. The van der Waals surface area contributed by atoms with Gasteiger partial charge in [-0.1, -0.05) is 11.5 Å². The van der Waals surface area contributed by atoms with Crippen LogP contribution in [0.25, 0.3) is 12.2 Å². The predicted octanol–water partition coefficient (Wildman–Crippen LogP) is -1.85. The van der Waals surface area contributed by atoms with Crippen LogP contribution in [0.5, 0.6) is 0 Å². The molecule has 4 nitrogen and oxygen atoms in total. The number of carbonyl (C=O) groups is 2. The van der Waals surface area contributed by atoms with Crippen molar-refractivity contribution < 1.29 is 9.59 Å². The molecule has 0 bridgehead atoms. The van der Waals surface area contributed by atoms with E-state index in [1.807, 2.05) is 0 Å². The summed E-state index contributed by atoms with van der Waals surface area (Å²) in [5.74, 6) is -1.20. The van der Waals surface area contributed by atoms with Crippen LogP contribution in [0.3, 0.4) is 0 Å². The van der Waals surface area contributed by atoms with Gasteiger partial charge in [-0.3, -0.25) is 18.8 Å². The second-order valence-electron chi connectivity index (χ2n) is 2.33. The highest BCUT2D eigenvalue weighted by molar-refractivity contribution is 7.03. The van der Waals surface area contributed by atoms with Crippen LogP contribution in [-0.4, -0.2) is 15.9 Å². The van der Waals surface area contributed by atoms with E-state index in [9.17, 15) is 14.4 Å². The fourth-order valence-corrected chi connectivity index (χ4v) is 1.70. The monoisotopic (exact) mass is 181 g/mol. The summed E-state index contributed by atoms with van der Waals surface area (Å²) in [6.45, 7) is 0. The minimum atomic E-state index is -0.633. The van der Waals surface area contributed by atoms with Crippen LogP contribution >= 0.6 is 11.5 Å². The maximum absolute atomic E-state index is 11.0. The van der Waals surface area contributed by atoms with Crippen molar-refractivity contribution >= 4 is 35.3 Å². The van der Waals surface area contributed by atoms with Gasteiger partial charge in [-0.2, -0.15) is 0 Å². The van der Waals surface area contributed by atoms with E-state index in [1.54, 1.807) is 0 Å². The third-order valence-corrected chi connectivity index (χ3v) is 2.39. The average Bonchev–Trinajstić information content (AvgIpc) is 2.35. The zero-order valence-electron chi connectivity index (χ0n) is 5.79. The number of Topliss-reactive ketones (excluding diaryl/α,β-unsaturated/α-hetero) is 2. The second-order valence-corrected chi connectivity index (χ2v) is 3.18. The average molecular weight is 181 g/mol.